The molecule has 0 saturated carbocycles. The minimum absolute atomic E-state index is 0.260. The lowest BCUT2D eigenvalue weighted by Gasteiger charge is -2.07. The molecule has 0 bridgehead atoms. The van der Waals surface area contributed by atoms with E-state index in [-0.39, 0.29) is 24.9 Å². The van der Waals surface area contributed by atoms with Crippen molar-refractivity contribution in [3.63, 3.8) is 0 Å². The molecule has 0 saturated heterocycles. The fraction of sp³-hybridized carbons (Fsp3) is 0.0714. The van der Waals surface area contributed by atoms with E-state index in [0.29, 0.717) is 11.4 Å². The maximum absolute atomic E-state index is 12.2. The topological polar surface area (TPSA) is 110 Å². The van der Waals surface area contributed by atoms with Crippen LogP contribution in [0.4, 0.5) is 0 Å². The van der Waals surface area contributed by atoms with Crippen LogP contribution in [-0.4, -0.2) is 24.9 Å². The number of nitrogens with two attached hydrogens (primary N) is 2. The Morgan fingerprint density at radius 1 is 0.588 bits per heavy atom. The van der Waals surface area contributed by atoms with Crippen LogP contribution in [-0.2, 0) is 9.59 Å². The quantitative estimate of drug-likeness (QED) is 0.255. The Hall–Kier alpha value is -4.58. The van der Waals surface area contributed by atoms with Crippen molar-refractivity contribution in [1.82, 2.24) is 10.6 Å². The van der Waals surface area contributed by atoms with Gasteiger partial charge in [-0.25, -0.2) is 0 Å². The molecule has 0 fully saturated rings. The molecular weight excluding hydrogens is 424 g/mol. The van der Waals surface area contributed by atoms with Gasteiger partial charge in [-0.1, -0.05) is 72.8 Å². The Kier molecular flexibility index (Phi) is 6.89. The van der Waals surface area contributed by atoms with Gasteiger partial charge >= 0.3 is 0 Å². The molecule has 0 aliphatic carbocycles. The van der Waals surface area contributed by atoms with Crippen molar-refractivity contribution in [1.29, 1.82) is 0 Å². The summed E-state index contributed by atoms with van der Waals surface area (Å²) < 4.78 is 0. The minimum Gasteiger partial charge on any atom is -0.398 e. The fourth-order valence-electron chi connectivity index (χ4n) is 3.66. The minimum atomic E-state index is -0.328. The van der Waals surface area contributed by atoms with Gasteiger partial charge in [-0.2, -0.15) is 0 Å². The monoisotopic (exact) mass is 450 g/mol. The van der Waals surface area contributed by atoms with Crippen molar-refractivity contribution in [3.05, 3.63) is 108 Å². The van der Waals surface area contributed by atoms with E-state index in [2.05, 4.69) is 10.6 Å². The summed E-state index contributed by atoms with van der Waals surface area (Å²) in [5.41, 5.74) is 14.5. The predicted molar refractivity (Wildman–Crippen MR) is 138 cm³/mol. The number of hydrogen-bond donors (Lipinski definition) is 4. The van der Waals surface area contributed by atoms with Crippen molar-refractivity contribution in [2.75, 3.05) is 13.1 Å². The molecule has 0 spiro atoms. The summed E-state index contributed by atoms with van der Waals surface area (Å²) in [6.45, 7) is 0.519. The third-order valence-corrected chi connectivity index (χ3v) is 5.46. The number of carbonyl (C=O) groups is 2. The first kappa shape index (κ1) is 22.6. The van der Waals surface area contributed by atoms with E-state index in [1.165, 1.54) is 12.2 Å². The van der Waals surface area contributed by atoms with Crippen molar-refractivity contribution in [3.8, 4) is 0 Å². The summed E-state index contributed by atoms with van der Waals surface area (Å²) in [6, 6.07) is 27.5. The third kappa shape index (κ3) is 5.61. The van der Waals surface area contributed by atoms with Gasteiger partial charge in [-0.15, -0.1) is 0 Å². The zero-order chi connectivity index (χ0) is 23.9. The molecule has 6 heteroatoms. The van der Waals surface area contributed by atoms with Crippen LogP contribution < -0.4 is 22.1 Å². The molecule has 0 heterocycles. The molecule has 0 atom stereocenters. The highest BCUT2D eigenvalue weighted by Gasteiger charge is 2.05. The summed E-state index contributed by atoms with van der Waals surface area (Å²) in [7, 11) is 0. The van der Waals surface area contributed by atoms with Crippen LogP contribution in [0.2, 0.25) is 0 Å². The molecule has 0 radical (unpaired) electrons. The SMILES string of the molecule is NC(=CC(=O)NCCNC(=O)C=C(N)c1ccc2ccccc2c1)c1ccc2ccccc2c1. The van der Waals surface area contributed by atoms with E-state index in [0.717, 1.165) is 32.7 Å². The number of nitrogens with one attached hydrogen (secondary N) is 2. The highest BCUT2D eigenvalue weighted by molar-refractivity contribution is 5.97. The zero-order valence-electron chi connectivity index (χ0n) is 18.6. The summed E-state index contributed by atoms with van der Waals surface area (Å²) in [6.07, 6.45) is 2.70. The lowest BCUT2D eigenvalue weighted by Crippen LogP contribution is -2.33. The molecule has 6 N–H and O–H groups in total. The second-order valence-corrected chi connectivity index (χ2v) is 7.91. The van der Waals surface area contributed by atoms with Gasteiger partial charge in [-0.05, 0) is 44.8 Å². The fourth-order valence-corrected chi connectivity index (χ4v) is 3.66. The molecule has 0 aromatic heterocycles. The predicted octanol–water partition coefficient (Wildman–Crippen LogP) is 3.52. The van der Waals surface area contributed by atoms with Crippen molar-refractivity contribution >= 4 is 44.8 Å². The molecule has 34 heavy (non-hydrogen) atoms. The molecule has 0 aliphatic rings. The van der Waals surface area contributed by atoms with Crippen molar-refractivity contribution in [2.45, 2.75) is 0 Å². The Balaban J connectivity index is 1.27. The molecule has 2 amide bonds. The second kappa shape index (κ2) is 10.4. The molecule has 0 aliphatic heterocycles. The highest BCUT2D eigenvalue weighted by Crippen LogP contribution is 2.19. The average Bonchev–Trinajstić information content (AvgIpc) is 2.86. The first-order chi connectivity index (χ1) is 16.5. The summed E-state index contributed by atoms with van der Waals surface area (Å²) in [5.74, 6) is -0.655. The van der Waals surface area contributed by atoms with E-state index in [9.17, 15) is 9.59 Å². The maximum atomic E-state index is 12.2. The van der Waals surface area contributed by atoms with Crippen molar-refractivity contribution < 1.29 is 9.59 Å². The van der Waals surface area contributed by atoms with Crippen LogP contribution in [0.15, 0.2) is 97.1 Å². The van der Waals surface area contributed by atoms with Gasteiger partial charge in [0.25, 0.3) is 0 Å². The Morgan fingerprint density at radius 2 is 0.971 bits per heavy atom. The van der Waals surface area contributed by atoms with Gasteiger partial charge in [0.1, 0.15) is 0 Å². The molecule has 4 rings (SSSR count). The number of fused-ring (bicyclic) bond motifs is 2. The van der Waals surface area contributed by atoms with Crippen LogP contribution >= 0.6 is 0 Å². The molecule has 4 aromatic rings. The lowest BCUT2D eigenvalue weighted by atomic mass is 10.1. The standard InChI is InChI=1S/C28H26N4O2/c29-25(23-11-9-19-5-1-3-7-21(19)15-23)17-27(33)31-13-14-32-28(34)18-26(30)24-12-10-20-6-2-4-8-22(20)16-24/h1-12,15-18H,13-14,29-30H2,(H,31,33)(H,32,34). The molecule has 6 nitrogen and oxygen atoms in total. The van der Waals surface area contributed by atoms with E-state index in [1.54, 1.807) is 0 Å². The smallest absolute Gasteiger partial charge is 0.246 e. The normalized spacial score (nSPS) is 12.0. The first-order valence-corrected chi connectivity index (χ1v) is 11.0. The number of rotatable bonds is 7. The van der Waals surface area contributed by atoms with Gasteiger partial charge in [-0.3, -0.25) is 9.59 Å². The van der Waals surface area contributed by atoms with E-state index < -0.39 is 0 Å². The number of hydrogen-bond acceptors (Lipinski definition) is 4. The van der Waals surface area contributed by atoms with Crippen LogP contribution in [0, 0.1) is 0 Å². The average molecular weight is 451 g/mol. The highest BCUT2D eigenvalue weighted by atomic mass is 16.2. The van der Waals surface area contributed by atoms with E-state index >= 15 is 0 Å². The van der Waals surface area contributed by atoms with E-state index in [4.69, 9.17) is 11.5 Å². The Labute approximate surface area is 197 Å². The van der Waals surface area contributed by atoms with Crippen LogP contribution in [0.25, 0.3) is 32.9 Å². The number of carbonyl (C=O) groups excluding carboxylic acids is 2. The largest absolute Gasteiger partial charge is 0.398 e. The van der Waals surface area contributed by atoms with Gasteiger partial charge in [0.2, 0.25) is 11.8 Å². The summed E-state index contributed by atoms with van der Waals surface area (Å²) in [5, 5.41) is 9.75. The Bertz CT molecular complexity index is 1310. The van der Waals surface area contributed by atoms with Gasteiger partial charge < -0.3 is 22.1 Å². The number of benzene rings is 4. The molecule has 4 aromatic carbocycles. The lowest BCUT2D eigenvalue weighted by molar-refractivity contribution is -0.118. The van der Waals surface area contributed by atoms with Crippen LogP contribution in [0.1, 0.15) is 11.1 Å². The first-order valence-electron chi connectivity index (χ1n) is 11.0. The summed E-state index contributed by atoms with van der Waals surface area (Å²) >= 11 is 0. The molecular formula is C28H26N4O2. The maximum Gasteiger partial charge on any atom is 0.246 e. The molecule has 0 unspecified atom stereocenters. The van der Waals surface area contributed by atoms with Gasteiger partial charge in [0.05, 0.1) is 0 Å². The van der Waals surface area contributed by atoms with Crippen LogP contribution in [0.5, 0.6) is 0 Å². The zero-order valence-corrected chi connectivity index (χ0v) is 18.6. The molecule has 170 valence electrons. The van der Waals surface area contributed by atoms with Crippen molar-refractivity contribution in [2.24, 2.45) is 11.5 Å². The Morgan fingerprint density at radius 3 is 1.38 bits per heavy atom. The number of amides is 2. The third-order valence-electron chi connectivity index (χ3n) is 5.46. The van der Waals surface area contributed by atoms with E-state index in [1.807, 2.05) is 84.9 Å². The van der Waals surface area contributed by atoms with Gasteiger partial charge in [0.15, 0.2) is 0 Å². The van der Waals surface area contributed by atoms with Crippen LogP contribution in [0.3, 0.4) is 0 Å². The summed E-state index contributed by atoms with van der Waals surface area (Å²) in [4.78, 5) is 24.4. The van der Waals surface area contributed by atoms with Gasteiger partial charge in [0, 0.05) is 36.6 Å². The second-order valence-electron chi connectivity index (χ2n) is 7.91.